The lowest BCUT2D eigenvalue weighted by Crippen LogP contribution is -2.14. The highest BCUT2D eigenvalue weighted by Crippen LogP contribution is 2.15. The van der Waals surface area contributed by atoms with Crippen molar-refractivity contribution < 1.29 is 9.47 Å². The Bertz CT molecular complexity index is 934. The first-order valence-corrected chi connectivity index (χ1v) is 9.72. The number of rotatable bonds is 4. The first kappa shape index (κ1) is 17.8. The highest BCUT2D eigenvalue weighted by Gasteiger charge is 2.21. The van der Waals surface area contributed by atoms with Gasteiger partial charge in [0, 0.05) is 22.9 Å². The van der Waals surface area contributed by atoms with Crippen LogP contribution in [-0.2, 0) is 9.47 Å². The molecule has 2 aliphatic rings. The Labute approximate surface area is 159 Å². The van der Waals surface area contributed by atoms with Gasteiger partial charge in [0.1, 0.15) is 13.2 Å². The monoisotopic (exact) mass is 365 g/mol. The fourth-order valence-electron chi connectivity index (χ4n) is 3.37. The van der Waals surface area contributed by atoms with Crippen LogP contribution in [-0.4, -0.2) is 42.1 Å². The predicted molar refractivity (Wildman–Crippen MR) is 111 cm³/mol. The van der Waals surface area contributed by atoms with Crippen molar-refractivity contribution in [3.05, 3.63) is 35.0 Å². The van der Waals surface area contributed by atoms with Gasteiger partial charge in [-0.1, -0.05) is 52.0 Å². The second-order valence-electron chi connectivity index (χ2n) is 7.97. The van der Waals surface area contributed by atoms with Gasteiger partial charge in [-0.05, 0) is 11.8 Å². The highest BCUT2D eigenvalue weighted by molar-refractivity contribution is 6.09. The van der Waals surface area contributed by atoms with E-state index in [4.69, 9.17) is 19.5 Å². The number of fused-ring (bicyclic) bond motifs is 1. The minimum Gasteiger partial charge on any atom is -0.476 e. The van der Waals surface area contributed by atoms with Crippen molar-refractivity contribution in [1.82, 2.24) is 4.98 Å². The summed E-state index contributed by atoms with van der Waals surface area (Å²) in [6.45, 7) is 9.99. The second kappa shape index (κ2) is 7.22. The number of aromatic nitrogens is 1. The number of nitrogens with one attached hydrogen (secondary N) is 1. The zero-order chi connectivity index (χ0) is 19.0. The van der Waals surface area contributed by atoms with Gasteiger partial charge in [-0.3, -0.25) is 0 Å². The lowest BCUT2D eigenvalue weighted by Gasteiger charge is -2.06. The molecule has 0 saturated heterocycles. The molecule has 0 spiro atoms. The van der Waals surface area contributed by atoms with Crippen LogP contribution in [0.2, 0.25) is 0 Å². The smallest absolute Gasteiger partial charge is 0.211 e. The molecule has 4 rings (SSSR count). The number of H-pyrrole nitrogens is 1. The average molecular weight is 365 g/mol. The van der Waals surface area contributed by atoms with Crippen LogP contribution in [0.3, 0.4) is 0 Å². The average Bonchev–Trinajstić information content (AvgIpc) is 3.36. The van der Waals surface area contributed by atoms with Gasteiger partial charge in [0.2, 0.25) is 11.8 Å². The van der Waals surface area contributed by atoms with Crippen LogP contribution >= 0.6 is 0 Å². The molecule has 0 aliphatic carbocycles. The van der Waals surface area contributed by atoms with E-state index in [1.807, 2.05) is 24.3 Å². The molecule has 5 nitrogen and oxygen atoms in total. The van der Waals surface area contributed by atoms with Crippen molar-refractivity contribution in [2.45, 2.75) is 39.8 Å². The third kappa shape index (κ3) is 3.64. The van der Waals surface area contributed by atoms with Crippen LogP contribution in [0.4, 0.5) is 0 Å². The largest absolute Gasteiger partial charge is 0.476 e. The number of aliphatic imine (C=N–C) groups is 2. The molecule has 1 N–H and O–H groups in total. The Balaban J connectivity index is 1.77. The van der Waals surface area contributed by atoms with Gasteiger partial charge in [-0.2, -0.15) is 0 Å². The molecule has 1 aromatic carbocycles. The van der Waals surface area contributed by atoms with E-state index in [0.717, 1.165) is 21.5 Å². The quantitative estimate of drug-likeness (QED) is 0.905. The molecule has 1 aromatic heterocycles. The van der Waals surface area contributed by atoms with Crippen molar-refractivity contribution in [1.29, 1.82) is 0 Å². The molecular weight excluding hydrogens is 338 g/mol. The predicted octanol–water partition coefficient (Wildman–Crippen LogP) is 2.64. The summed E-state index contributed by atoms with van der Waals surface area (Å²) in [6, 6.07) is 8.78. The molecule has 0 radical (unpaired) electrons. The van der Waals surface area contributed by atoms with E-state index in [2.05, 4.69) is 44.8 Å². The van der Waals surface area contributed by atoms with Gasteiger partial charge < -0.3 is 14.5 Å². The van der Waals surface area contributed by atoms with E-state index in [0.29, 0.717) is 36.8 Å². The highest BCUT2D eigenvalue weighted by atomic mass is 16.5. The van der Waals surface area contributed by atoms with E-state index in [1.165, 1.54) is 0 Å². The molecule has 0 saturated carbocycles. The van der Waals surface area contributed by atoms with Gasteiger partial charge in [0.15, 0.2) is 0 Å². The third-order valence-electron chi connectivity index (χ3n) is 5.24. The van der Waals surface area contributed by atoms with Crippen molar-refractivity contribution in [2.75, 3.05) is 13.2 Å². The van der Waals surface area contributed by atoms with Crippen LogP contribution < -0.4 is 10.7 Å². The molecule has 0 unspecified atom stereocenters. The van der Waals surface area contributed by atoms with Crippen LogP contribution in [0.15, 0.2) is 34.3 Å². The van der Waals surface area contributed by atoms with Crippen LogP contribution in [0.25, 0.3) is 22.9 Å². The molecule has 0 amide bonds. The summed E-state index contributed by atoms with van der Waals surface area (Å²) in [5.74, 6) is 2.35. The first-order chi connectivity index (χ1) is 13.0. The standard InChI is InChI=1S/C22H27N3O2/c1-13(2)19-11-26-21(24-19)9-17-15-7-5-6-8-16(15)18(23-17)10-22-25-20(12-27-22)14(3)4/h5-10,13-14,19-20,23H,11-12H2,1-4H3/b17-9-,18-10?/t19-,20-/m1/s1. The van der Waals surface area contributed by atoms with Gasteiger partial charge in [-0.15, -0.1) is 0 Å². The van der Waals surface area contributed by atoms with E-state index >= 15 is 0 Å². The lowest BCUT2D eigenvalue weighted by atomic mass is 10.1. The molecule has 5 heteroatoms. The van der Waals surface area contributed by atoms with Crippen molar-refractivity contribution in [2.24, 2.45) is 21.8 Å². The minimum atomic E-state index is 0.234. The number of aromatic amines is 1. The zero-order valence-electron chi connectivity index (χ0n) is 16.4. The summed E-state index contributed by atoms with van der Waals surface area (Å²) >= 11 is 0. The maximum Gasteiger partial charge on any atom is 0.211 e. The maximum atomic E-state index is 5.78. The molecule has 3 heterocycles. The Hall–Kier alpha value is -2.56. The molecule has 142 valence electrons. The molecular formula is C22H27N3O2. The van der Waals surface area contributed by atoms with Crippen molar-refractivity contribution >= 4 is 34.7 Å². The topological polar surface area (TPSA) is 59.0 Å². The molecule has 0 bridgehead atoms. The minimum absolute atomic E-state index is 0.234. The zero-order valence-corrected chi connectivity index (χ0v) is 16.4. The summed E-state index contributed by atoms with van der Waals surface area (Å²) < 4.78 is 11.6. The Morgan fingerprint density at radius 2 is 1.30 bits per heavy atom. The summed E-state index contributed by atoms with van der Waals surface area (Å²) in [4.78, 5) is 12.9. The number of hydrogen-bond acceptors (Lipinski definition) is 4. The molecule has 2 atom stereocenters. The van der Waals surface area contributed by atoms with Crippen LogP contribution in [0.1, 0.15) is 27.7 Å². The second-order valence-corrected chi connectivity index (χ2v) is 7.97. The number of nitrogens with zero attached hydrogens (tertiary/aromatic N) is 2. The van der Waals surface area contributed by atoms with Crippen molar-refractivity contribution in [3.8, 4) is 0 Å². The fraction of sp³-hybridized carbons (Fsp3) is 0.455. The fourth-order valence-corrected chi connectivity index (χ4v) is 3.37. The van der Waals surface area contributed by atoms with Gasteiger partial charge >= 0.3 is 0 Å². The Kier molecular flexibility index (Phi) is 4.77. The van der Waals surface area contributed by atoms with E-state index in [1.54, 1.807) is 0 Å². The number of benzene rings is 1. The van der Waals surface area contributed by atoms with Gasteiger partial charge in [-0.25, -0.2) is 9.98 Å². The molecule has 2 aliphatic heterocycles. The van der Waals surface area contributed by atoms with Crippen LogP contribution in [0.5, 0.6) is 0 Å². The molecule has 0 fully saturated rings. The summed E-state index contributed by atoms with van der Waals surface area (Å²) in [6.07, 6.45) is 3.99. The Morgan fingerprint density at radius 1 is 0.852 bits per heavy atom. The third-order valence-corrected chi connectivity index (χ3v) is 5.24. The SMILES string of the molecule is CC(C)[C@H]1COC(C=c2[nH]/c(=C\C3=N[C@@H](C(C)C)CO3)c3ccccc23)=N1. The van der Waals surface area contributed by atoms with Gasteiger partial charge in [0.05, 0.1) is 22.8 Å². The molecule has 27 heavy (non-hydrogen) atoms. The van der Waals surface area contributed by atoms with Crippen molar-refractivity contribution in [3.63, 3.8) is 0 Å². The summed E-state index contributed by atoms with van der Waals surface area (Å²) in [7, 11) is 0. The first-order valence-electron chi connectivity index (χ1n) is 9.72. The number of hydrogen-bond donors (Lipinski definition) is 1. The molecule has 2 aromatic rings. The van der Waals surface area contributed by atoms with E-state index in [-0.39, 0.29) is 12.1 Å². The summed E-state index contributed by atoms with van der Waals surface area (Å²) in [5.41, 5.74) is 0. The van der Waals surface area contributed by atoms with E-state index < -0.39 is 0 Å². The van der Waals surface area contributed by atoms with E-state index in [9.17, 15) is 0 Å². The summed E-state index contributed by atoms with van der Waals surface area (Å²) in [5, 5.41) is 4.28. The normalized spacial score (nSPS) is 23.9. The van der Waals surface area contributed by atoms with Gasteiger partial charge in [0.25, 0.3) is 0 Å². The maximum absolute atomic E-state index is 5.78. The van der Waals surface area contributed by atoms with Crippen LogP contribution in [0, 0.1) is 11.8 Å². The number of ether oxygens (including phenoxy) is 2. The lowest BCUT2D eigenvalue weighted by molar-refractivity contribution is 0.294. The Morgan fingerprint density at radius 3 is 1.67 bits per heavy atom.